The van der Waals surface area contributed by atoms with E-state index in [0.29, 0.717) is 18.4 Å². The molecular weight excluding hydrogens is 270 g/mol. The average Bonchev–Trinajstić information content (AvgIpc) is 2.09. The molecule has 0 bridgehead atoms. The fourth-order valence-corrected chi connectivity index (χ4v) is 1.87. The van der Waals surface area contributed by atoms with Gasteiger partial charge in [0.1, 0.15) is 5.60 Å². The maximum Gasteiger partial charge on any atom is 0.407 e. The Labute approximate surface area is 107 Å². The Kier molecular flexibility index (Phi) is 6.38. The standard InChI is InChI=1S/C12H24BrNO2/c1-8(2)9(3)10(13)7-14-11(15)16-12(4,5)6/h8-10H,7H2,1-6H3,(H,14,15)/t9-,10?/m0/s1. The van der Waals surface area contributed by atoms with Crippen LogP contribution < -0.4 is 5.32 Å². The number of rotatable bonds is 4. The zero-order valence-corrected chi connectivity index (χ0v) is 12.7. The van der Waals surface area contributed by atoms with Crippen molar-refractivity contribution in [2.45, 2.75) is 52.0 Å². The number of carbonyl (C=O) groups is 1. The molecule has 0 spiro atoms. The van der Waals surface area contributed by atoms with Crippen LogP contribution in [0.25, 0.3) is 0 Å². The predicted molar refractivity (Wildman–Crippen MR) is 71.0 cm³/mol. The molecule has 1 amide bonds. The first-order chi connectivity index (χ1) is 7.13. The van der Waals surface area contributed by atoms with Gasteiger partial charge in [0.15, 0.2) is 0 Å². The van der Waals surface area contributed by atoms with Gasteiger partial charge in [-0.15, -0.1) is 0 Å². The number of alkyl halides is 1. The maximum absolute atomic E-state index is 11.4. The molecule has 0 aromatic heterocycles. The molecule has 0 aliphatic heterocycles. The van der Waals surface area contributed by atoms with Gasteiger partial charge in [0.2, 0.25) is 0 Å². The smallest absolute Gasteiger partial charge is 0.407 e. The molecule has 0 aliphatic carbocycles. The van der Waals surface area contributed by atoms with Gasteiger partial charge < -0.3 is 10.1 Å². The van der Waals surface area contributed by atoms with E-state index < -0.39 is 5.60 Å². The maximum atomic E-state index is 11.4. The lowest BCUT2D eigenvalue weighted by molar-refractivity contribution is 0.0525. The van der Waals surface area contributed by atoms with E-state index in [1.165, 1.54) is 0 Å². The molecule has 96 valence electrons. The topological polar surface area (TPSA) is 38.3 Å². The normalized spacial score (nSPS) is 15.8. The molecule has 4 heteroatoms. The van der Waals surface area contributed by atoms with Gasteiger partial charge in [-0.05, 0) is 32.6 Å². The molecule has 0 saturated heterocycles. The summed E-state index contributed by atoms with van der Waals surface area (Å²) < 4.78 is 5.16. The second kappa shape index (κ2) is 6.48. The number of nitrogens with one attached hydrogen (secondary N) is 1. The Balaban J connectivity index is 3.93. The van der Waals surface area contributed by atoms with Crippen LogP contribution in [0.5, 0.6) is 0 Å². The van der Waals surface area contributed by atoms with E-state index in [9.17, 15) is 4.79 Å². The van der Waals surface area contributed by atoms with Crippen LogP contribution in [0.2, 0.25) is 0 Å². The largest absolute Gasteiger partial charge is 0.444 e. The lowest BCUT2D eigenvalue weighted by Crippen LogP contribution is -2.37. The molecule has 0 aromatic rings. The zero-order chi connectivity index (χ0) is 12.9. The van der Waals surface area contributed by atoms with Gasteiger partial charge in [0, 0.05) is 11.4 Å². The summed E-state index contributed by atoms with van der Waals surface area (Å²) >= 11 is 3.58. The fourth-order valence-electron chi connectivity index (χ4n) is 1.10. The van der Waals surface area contributed by atoms with E-state index >= 15 is 0 Å². The summed E-state index contributed by atoms with van der Waals surface area (Å²) in [6, 6.07) is 0. The summed E-state index contributed by atoms with van der Waals surface area (Å²) in [4.78, 5) is 11.7. The second-order valence-corrected chi connectivity index (χ2v) is 6.68. The van der Waals surface area contributed by atoms with Crippen molar-refractivity contribution in [3.05, 3.63) is 0 Å². The van der Waals surface area contributed by atoms with E-state index in [1.54, 1.807) is 0 Å². The number of halogens is 1. The van der Waals surface area contributed by atoms with E-state index in [0.717, 1.165) is 0 Å². The van der Waals surface area contributed by atoms with Crippen LogP contribution in [-0.2, 0) is 4.74 Å². The van der Waals surface area contributed by atoms with Crippen molar-refractivity contribution in [1.29, 1.82) is 0 Å². The Morgan fingerprint density at radius 3 is 2.19 bits per heavy atom. The van der Waals surface area contributed by atoms with Gasteiger partial charge in [0.05, 0.1) is 0 Å². The van der Waals surface area contributed by atoms with Crippen LogP contribution in [0.4, 0.5) is 4.79 Å². The molecule has 2 atom stereocenters. The summed E-state index contributed by atoms with van der Waals surface area (Å²) in [5.74, 6) is 1.10. The Morgan fingerprint density at radius 1 is 1.31 bits per heavy atom. The van der Waals surface area contributed by atoms with E-state index in [4.69, 9.17) is 4.74 Å². The van der Waals surface area contributed by atoms with Crippen LogP contribution in [-0.4, -0.2) is 23.1 Å². The van der Waals surface area contributed by atoms with Gasteiger partial charge in [-0.25, -0.2) is 4.79 Å². The minimum absolute atomic E-state index is 0.278. The van der Waals surface area contributed by atoms with Crippen molar-refractivity contribution < 1.29 is 9.53 Å². The van der Waals surface area contributed by atoms with Gasteiger partial charge in [0.25, 0.3) is 0 Å². The van der Waals surface area contributed by atoms with Crippen molar-refractivity contribution in [2.75, 3.05) is 6.54 Å². The summed E-state index contributed by atoms with van der Waals surface area (Å²) in [5, 5.41) is 2.77. The van der Waals surface area contributed by atoms with E-state index in [-0.39, 0.29) is 10.9 Å². The van der Waals surface area contributed by atoms with Crippen LogP contribution in [0.1, 0.15) is 41.5 Å². The third-order valence-corrected chi connectivity index (χ3v) is 3.62. The second-order valence-electron chi connectivity index (χ2n) is 5.50. The molecule has 1 N–H and O–H groups in total. The van der Waals surface area contributed by atoms with Crippen LogP contribution >= 0.6 is 15.9 Å². The molecule has 1 unspecified atom stereocenters. The fraction of sp³-hybridized carbons (Fsp3) is 0.917. The molecular formula is C12H24BrNO2. The monoisotopic (exact) mass is 293 g/mol. The lowest BCUT2D eigenvalue weighted by atomic mass is 9.95. The van der Waals surface area contributed by atoms with Crippen molar-refractivity contribution in [3.63, 3.8) is 0 Å². The molecule has 0 radical (unpaired) electrons. The molecule has 0 aliphatic rings. The van der Waals surface area contributed by atoms with Gasteiger partial charge in [-0.1, -0.05) is 36.7 Å². The van der Waals surface area contributed by atoms with Gasteiger partial charge in [-0.2, -0.15) is 0 Å². The van der Waals surface area contributed by atoms with Gasteiger partial charge in [-0.3, -0.25) is 0 Å². The number of hydrogen-bond acceptors (Lipinski definition) is 2. The third kappa shape index (κ3) is 7.09. The molecule has 0 fully saturated rings. The van der Waals surface area contributed by atoms with Crippen LogP contribution in [0.3, 0.4) is 0 Å². The number of amides is 1. The SMILES string of the molecule is CC(C)[C@H](C)C(Br)CNC(=O)OC(C)(C)C. The Morgan fingerprint density at radius 2 is 1.81 bits per heavy atom. The Bertz CT molecular complexity index is 224. The van der Waals surface area contributed by atoms with Crippen molar-refractivity contribution in [2.24, 2.45) is 11.8 Å². The average molecular weight is 294 g/mol. The molecule has 0 rings (SSSR count). The van der Waals surface area contributed by atoms with Crippen LogP contribution in [0, 0.1) is 11.8 Å². The highest BCUT2D eigenvalue weighted by Crippen LogP contribution is 2.20. The summed E-state index contributed by atoms with van der Waals surface area (Å²) in [6.07, 6.45) is -0.354. The quantitative estimate of drug-likeness (QED) is 0.805. The minimum atomic E-state index is -0.435. The van der Waals surface area contributed by atoms with Crippen molar-refractivity contribution in [1.82, 2.24) is 5.32 Å². The Hall–Kier alpha value is -0.250. The summed E-state index contributed by atoms with van der Waals surface area (Å²) in [7, 11) is 0. The molecule has 0 heterocycles. The third-order valence-electron chi connectivity index (χ3n) is 2.46. The number of ether oxygens (including phenoxy) is 1. The predicted octanol–water partition coefficient (Wildman–Crippen LogP) is 3.57. The molecule has 0 saturated carbocycles. The van der Waals surface area contributed by atoms with Crippen molar-refractivity contribution in [3.8, 4) is 0 Å². The zero-order valence-electron chi connectivity index (χ0n) is 11.1. The summed E-state index contributed by atoms with van der Waals surface area (Å²) in [6.45, 7) is 12.7. The first-order valence-corrected chi connectivity index (χ1v) is 6.66. The number of alkyl carbamates (subject to hydrolysis) is 1. The lowest BCUT2D eigenvalue weighted by Gasteiger charge is -2.24. The molecule has 3 nitrogen and oxygen atoms in total. The highest BCUT2D eigenvalue weighted by atomic mass is 79.9. The number of carbonyl (C=O) groups excluding carboxylic acids is 1. The highest BCUT2D eigenvalue weighted by molar-refractivity contribution is 9.09. The summed E-state index contributed by atoms with van der Waals surface area (Å²) in [5.41, 5.74) is -0.435. The number of hydrogen-bond donors (Lipinski definition) is 1. The molecule has 0 aromatic carbocycles. The first-order valence-electron chi connectivity index (χ1n) is 5.74. The van der Waals surface area contributed by atoms with E-state index in [1.807, 2.05) is 20.8 Å². The first kappa shape index (κ1) is 15.8. The molecule has 16 heavy (non-hydrogen) atoms. The van der Waals surface area contributed by atoms with Crippen molar-refractivity contribution >= 4 is 22.0 Å². The van der Waals surface area contributed by atoms with E-state index in [2.05, 4.69) is 42.0 Å². The minimum Gasteiger partial charge on any atom is -0.444 e. The van der Waals surface area contributed by atoms with Crippen LogP contribution in [0.15, 0.2) is 0 Å². The van der Waals surface area contributed by atoms with Gasteiger partial charge >= 0.3 is 6.09 Å². The highest BCUT2D eigenvalue weighted by Gasteiger charge is 2.20.